The van der Waals surface area contributed by atoms with Crippen LogP contribution in [0.2, 0.25) is 10.3 Å². The molecule has 0 saturated carbocycles. The molecule has 2 amide bonds. The zero-order chi connectivity index (χ0) is 28.4. The molecule has 0 spiro atoms. The lowest BCUT2D eigenvalue weighted by atomic mass is 10.1. The Kier molecular flexibility index (Phi) is 7.41. The fourth-order valence-corrected chi connectivity index (χ4v) is 4.68. The number of aromatic nitrogens is 1. The number of amides is 2. The summed E-state index contributed by atoms with van der Waals surface area (Å²) in [5, 5.41) is 32.1. The summed E-state index contributed by atoms with van der Waals surface area (Å²) in [6, 6.07) is 20.8. The highest BCUT2D eigenvalue weighted by atomic mass is 35.5. The van der Waals surface area contributed by atoms with Gasteiger partial charge in [0.2, 0.25) is 0 Å². The standard InChI is InChI=1S/C29H21Cl2N5O4/c1-36-26(30)22(14-32-34-28(39)20-10-16-6-2-4-8-18(16)12-24(20)37)23(27(36)31)15-33-35-29(40)21-11-17-7-3-5-9-19(17)13-25(21)38/h2-15,37-38H,1H3,(H,34,39)(H,35,40)/b32-14-,33-15+. The lowest BCUT2D eigenvalue weighted by Crippen LogP contribution is -2.18. The molecule has 0 aliphatic rings. The molecule has 0 radical (unpaired) electrons. The van der Waals surface area contributed by atoms with E-state index < -0.39 is 11.8 Å². The molecule has 1 aromatic heterocycles. The number of carbonyl (C=O) groups excluding carboxylic acids is 2. The highest BCUT2D eigenvalue weighted by molar-refractivity contribution is 6.38. The van der Waals surface area contributed by atoms with Crippen LogP contribution in [0.4, 0.5) is 0 Å². The summed E-state index contributed by atoms with van der Waals surface area (Å²) >= 11 is 12.8. The third-order valence-electron chi connectivity index (χ3n) is 6.26. The van der Waals surface area contributed by atoms with Crippen molar-refractivity contribution in [1.29, 1.82) is 0 Å². The van der Waals surface area contributed by atoms with Gasteiger partial charge in [0.05, 0.1) is 23.6 Å². The van der Waals surface area contributed by atoms with E-state index in [1.807, 2.05) is 48.5 Å². The van der Waals surface area contributed by atoms with Crippen molar-refractivity contribution < 1.29 is 19.8 Å². The third-order valence-corrected chi connectivity index (χ3v) is 7.17. The minimum atomic E-state index is -0.629. The van der Waals surface area contributed by atoms with E-state index in [0.29, 0.717) is 11.1 Å². The molecule has 5 rings (SSSR count). The number of phenols is 2. The van der Waals surface area contributed by atoms with Gasteiger partial charge in [-0.15, -0.1) is 0 Å². The maximum Gasteiger partial charge on any atom is 0.275 e. The van der Waals surface area contributed by atoms with Crippen LogP contribution in [0.5, 0.6) is 11.5 Å². The van der Waals surface area contributed by atoms with E-state index in [0.717, 1.165) is 21.5 Å². The fourth-order valence-electron chi connectivity index (χ4n) is 4.17. The van der Waals surface area contributed by atoms with Gasteiger partial charge in [0, 0.05) is 18.2 Å². The maximum absolute atomic E-state index is 12.7. The van der Waals surface area contributed by atoms with Gasteiger partial charge < -0.3 is 14.8 Å². The Labute approximate surface area is 238 Å². The molecule has 0 fully saturated rings. The number of carbonyl (C=O) groups is 2. The van der Waals surface area contributed by atoms with Crippen LogP contribution in [0.3, 0.4) is 0 Å². The second kappa shape index (κ2) is 11.1. The monoisotopic (exact) mass is 573 g/mol. The molecule has 5 aromatic rings. The van der Waals surface area contributed by atoms with Crippen molar-refractivity contribution in [3.63, 3.8) is 0 Å². The van der Waals surface area contributed by atoms with Crippen molar-refractivity contribution >= 4 is 69.0 Å². The van der Waals surface area contributed by atoms with Crippen LogP contribution in [-0.2, 0) is 7.05 Å². The topological polar surface area (TPSA) is 128 Å². The van der Waals surface area contributed by atoms with Gasteiger partial charge in [-0.2, -0.15) is 10.2 Å². The predicted molar refractivity (Wildman–Crippen MR) is 157 cm³/mol. The van der Waals surface area contributed by atoms with Crippen LogP contribution < -0.4 is 10.9 Å². The summed E-state index contributed by atoms with van der Waals surface area (Å²) in [6.45, 7) is 0. The summed E-state index contributed by atoms with van der Waals surface area (Å²) in [5.41, 5.74) is 5.49. The molecule has 0 saturated heterocycles. The van der Waals surface area contributed by atoms with Crippen LogP contribution in [-0.4, -0.2) is 39.0 Å². The number of nitrogens with zero attached hydrogens (tertiary/aromatic N) is 3. The second-order valence-electron chi connectivity index (χ2n) is 8.80. The largest absolute Gasteiger partial charge is 0.507 e. The Morgan fingerprint density at radius 2 is 1.05 bits per heavy atom. The van der Waals surface area contributed by atoms with Crippen LogP contribution in [0.15, 0.2) is 83.0 Å². The van der Waals surface area contributed by atoms with Gasteiger partial charge in [0.15, 0.2) is 0 Å². The van der Waals surface area contributed by atoms with Crippen molar-refractivity contribution in [2.24, 2.45) is 17.3 Å². The number of hydrazone groups is 2. The first kappa shape index (κ1) is 26.7. The molecule has 0 bridgehead atoms. The van der Waals surface area contributed by atoms with Crippen LogP contribution >= 0.6 is 23.2 Å². The number of rotatable bonds is 6. The first-order valence-corrected chi connectivity index (χ1v) is 12.6. The normalized spacial score (nSPS) is 11.6. The molecule has 40 heavy (non-hydrogen) atoms. The summed E-state index contributed by atoms with van der Waals surface area (Å²) in [4.78, 5) is 25.4. The Bertz CT molecular complexity index is 1730. The zero-order valence-electron chi connectivity index (χ0n) is 20.9. The molecule has 11 heteroatoms. The fraction of sp³-hybridized carbons (Fsp3) is 0.0345. The van der Waals surface area contributed by atoms with Gasteiger partial charge in [-0.1, -0.05) is 71.7 Å². The number of benzene rings is 4. The average Bonchev–Trinajstić information content (AvgIpc) is 3.15. The van der Waals surface area contributed by atoms with E-state index in [-0.39, 0.29) is 32.9 Å². The Balaban J connectivity index is 1.33. The second-order valence-corrected chi connectivity index (χ2v) is 9.52. The number of hydrogen-bond acceptors (Lipinski definition) is 6. The van der Waals surface area contributed by atoms with Gasteiger partial charge in [-0.05, 0) is 45.8 Å². The van der Waals surface area contributed by atoms with Gasteiger partial charge >= 0.3 is 0 Å². The van der Waals surface area contributed by atoms with Crippen LogP contribution in [0, 0.1) is 0 Å². The molecule has 0 atom stereocenters. The molecule has 0 aliphatic heterocycles. The Hall–Kier alpha value is -4.86. The van der Waals surface area contributed by atoms with Crippen LogP contribution in [0.1, 0.15) is 31.8 Å². The van der Waals surface area contributed by atoms with E-state index in [1.165, 1.54) is 29.1 Å². The van der Waals surface area contributed by atoms with Gasteiger partial charge in [0.1, 0.15) is 21.8 Å². The van der Waals surface area contributed by atoms with Crippen LogP contribution in [0.25, 0.3) is 21.5 Å². The van der Waals surface area contributed by atoms with Crippen molar-refractivity contribution in [2.45, 2.75) is 0 Å². The van der Waals surface area contributed by atoms with Crippen molar-refractivity contribution in [1.82, 2.24) is 15.4 Å². The van der Waals surface area contributed by atoms with Gasteiger partial charge in [0.25, 0.3) is 11.8 Å². The zero-order valence-corrected chi connectivity index (χ0v) is 22.4. The molecular weight excluding hydrogens is 553 g/mol. The number of aromatic hydroxyl groups is 2. The summed E-state index contributed by atoms with van der Waals surface area (Å²) in [5.74, 6) is -1.63. The Morgan fingerprint density at radius 1 is 0.700 bits per heavy atom. The SMILES string of the molecule is Cn1c(Cl)c(/C=N\NC(=O)c2cc3ccccc3cc2O)c(/C=N/NC(=O)c2cc3ccccc3cc2O)c1Cl. The highest BCUT2D eigenvalue weighted by Crippen LogP contribution is 2.29. The average molecular weight is 574 g/mol. The summed E-state index contributed by atoms with van der Waals surface area (Å²) in [7, 11) is 1.62. The van der Waals surface area contributed by atoms with E-state index in [1.54, 1.807) is 19.2 Å². The quantitative estimate of drug-likeness (QED) is 0.156. The van der Waals surface area contributed by atoms with Gasteiger partial charge in [-0.3, -0.25) is 9.59 Å². The van der Waals surface area contributed by atoms with E-state index >= 15 is 0 Å². The predicted octanol–water partition coefficient (Wildman–Crippen LogP) is 5.58. The Morgan fingerprint density at radius 3 is 1.43 bits per heavy atom. The lowest BCUT2D eigenvalue weighted by Gasteiger charge is -2.06. The summed E-state index contributed by atoms with van der Waals surface area (Å²) < 4.78 is 1.47. The summed E-state index contributed by atoms with van der Waals surface area (Å²) in [6.07, 6.45) is 2.56. The minimum absolute atomic E-state index is 0.0504. The number of hydrogen-bond donors (Lipinski definition) is 4. The number of nitrogens with one attached hydrogen (secondary N) is 2. The van der Waals surface area contributed by atoms with Crippen molar-refractivity contribution in [2.75, 3.05) is 0 Å². The molecular formula is C29H21Cl2N5O4. The van der Waals surface area contributed by atoms with E-state index in [9.17, 15) is 19.8 Å². The maximum atomic E-state index is 12.7. The molecule has 0 aliphatic carbocycles. The lowest BCUT2D eigenvalue weighted by molar-refractivity contribution is 0.0944. The number of halogens is 2. The van der Waals surface area contributed by atoms with Crippen molar-refractivity contribution in [3.05, 3.63) is 105 Å². The van der Waals surface area contributed by atoms with Crippen molar-refractivity contribution in [3.8, 4) is 11.5 Å². The third kappa shape index (κ3) is 5.20. The number of fused-ring (bicyclic) bond motifs is 2. The molecule has 200 valence electrons. The minimum Gasteiger partial charge on any atom is -0.507 e. The number of phenolic OH excluding ortho intramolecular Hbond substituents is 2. The first-order chi connectivity index (χ1) is 19.2. The van der Waals surface area contributed by atoms with E-state index in [2.05, 4.69) is 21.1 Å². The van der Waals surface area contributed by atoms with E-state index in [4.69, 9.17) is 23.2 Å². The van der Waals surface area contributed by atoms with Gasteiger partial charge in [-0.25, -0.2) is 10.9 Å². The molecule has 0 unspecified atom stereocenters. The molecule has 1 heterocycles. The molecule has 4 N–H and O–H groups in total. The molecule has 9 nitrogen and oxygen atoms in total. The smallest absolute Gasteiger partial charge is 0.275 e. The first-order valence-electron chi connectivity index (χ1n) is 11.9. The highest BCUT2D eigenvalue weighted by Gasteiger charge is 2.18. The molecule has 4 aromatic carbocycles.